The molecule has 166 valence electrons. The summed E-state index contributed by atoms with van der Waals surface area (Å²) in [5.74, 6) is 0.438. The first-order valence-electron chi connectivity index (χ1n) is 10.1. The fourth-order valence-electron chi connectivity index (χ4n) is 3.27. The van der Waals surface area contributed by atoms with Gasteiger partial charge in [-0.25, -0.2) is 0 Å². The van der Waals surface area contributed by atoms with Crippen molar-refractivity contribution in [2.45, 2.75) is 13.8 Å². The van der Waals surface area contributed by atoms with Gasteiger partial charge in [-0.3, -0.25) is 9.98 Å². The van der Waals surface area contributed by atoms with Gasteiger partial charge in [0, 0.05) is 23.6 Å². The molecule has 0 amide bonds. The summed E-state index contributed by atoms with van der Waals surface area (Å²) < 4.78 is 0. The maximum atomic E-state index is 10.3. The third-order valence-electron chi connectivity index (χ3n) is 5.07. The molecule has 0 bridgehead atoms. The van der Waals surface area contributed by atoms with E-state index in [4.69, 9.17) is 18.6 Å². The monoisotopic (exact) mass is 512 g/mol. The number of aliphatic imine (C=N–C) groups is 2. The van der Waals surface area contributed by atoms with Gasteiger partial charge in [0.15, 0.2) is 0 Å². The van der Waals surface area contributed by atoms with E-state index in [9.17, 15) is 10.2 Å². The van der Waals surface area contributed by atoms with E-state index >= 15 is 0 Å². The summed E-state index contributed by atoms with van der Waals surface area (Å²) in [6, 6.07) is 23.1. The summed E-state index contributed by atoms with van der Waals surface area (Å²) in [6.07, 6.45) is 3.30. The number of benzene rings is 4. The zero-order chi connectivity index (χ0) is 23.8. The standard InChI is InChI=1S/C26H22N2O2.2ClH.Ti/c1-17-7-5-11-21(25(17)29)15-27-23-13-19-9-3-4-10-20(19)14-24(23)28-16-22-12-6-8-18(2)26(22)30;;;/h3-16,29-30H,1-2H3;2*1H;/q;;;+2/p-2. The summed E-state index contributed by atoms with van der Waals surface area (Å²) in [5, 5.41) is 22.7. The fraction of sp³-hybridized carbons (Fsp3) is 0.0769. The van der Waals surface area contributed by atoms with Crippen molar-refractivity contribution in [3.63, 3.8) is 0 Å². The number of phenolic OH excluding ortho intramolecular Hbond substituents is 2. The number of nitrogens with zero attached hydrogens (tertiary/aromatic N) is 2. The SMILES string of the molecule is Cc1cccc(C=Nc2cc3ccccc3cc2N=Cc2cccc(C)c2O)c1O.[Cl][Ti][Cl]. The van der Waals surface area contributed by atoms with Crippen LogP contribution in [0.1, 0.15) is 22.3 Å². The molecule has 2 N–H and O–H groups in total. The van der Waals surface area contributed by atoms with Crippen LogP contribution in [0.3, 0.4) is 0 Å². The topological polar surface area (TPSA) is 65.2 Å². The first-order valence-corrected chi connectivity index (χ1v) is 14.4. The average Bonchev–Trinajstić information content (AvgIpc) is 2.81. The van der Waals surface area contributed by atoms with Crippen molar-refractivity contribution in [3.8, 4) is 11.5 Å². The van der Waals surface area contributed by atoms with E-state index in [2.05, 4.69) is 9.98 Å². The van der Waals surface area contributed by atoms with Gasteiger partial charge in [0.1, 0.15) is 11.5 Å². The Hall–Kier alpha value is -2.63. The van der Waals surface area contributed by atoms with E-state index in [1.807, 2.05) is 86.6 Å². The molecule has 0 atom stereocenters. The first-order chi connectivity index (χ1) is 15.9. The summed E-state index contributed by atoms with van der Waals surface area (Å²) in [6.45, 7) is 3.71. The van der Waals surface area contributed by atoms with Crippen molar-refractivity contribution >= 4 is 53.2 Å². The molecule has 0 aromatic heterocycles. The Morgan fingerprint density at radius 1 is 0.667 bits per heavy atom. The molecular weight excluding hydrogens is 491 g/mol. The molecule has 0 heterocycles. The number of rotatable bonds is 4. The minimum atomic E-state index is -0.556. The summed E-state index contributed by atoms with van der Waals surface area (Å²) >= 11 is -0.556. The Kier molecular flexibility index (Phi) is 9.10. The van der Waals surface area contributed by atoms with Crippen LogP contribution in [0.25, 0.3) is 10.8 Å². The normalized spacial score (nSPS) is 11.0. The molecule has 0 aliphatic heterocycles. The zero-order valence-electron chi connectivity index (χ0n) is 18.1. The molecule has 0 aliphatic rings. The number of hydrogen-bond acceptors (Lipinski definition) is 4. The molecule has 0 saturated heterocycles. The van der Waals surface area contributed by atoms with Crippen LogP contribution >= 0.6 is 18.6 Å². The summed E-state index contributed by atoms with van der Waals surface area (Å²) in [7, 11) is 9.78. The van der Waals surface area contributed by atoms with Crippen LogP contribution in [0.4, 0.5) is 11.4 Å². The van der Waals surface area contributed by atoms with Gasteiger partial charge in [-0.2, -0.15) is 0 Å². The zero-order valence-corrected chi connectivity index (χ0v) is 21.2. The van der Waals surface area contributed by atoms with Gasteiger partial charge in [-0.05, 0) is 60.0 Å². The molecule has 0 unspecified atom stereocenters. The Bertz CT molecular complexity index is 1220. The van der Waals surface area contributed by atoms with E-state index in [1.54, 1.807) is 12.4 Å². The van der Waals surface area contributed by atoms with Crippen molar-refractivity contribution in [2.75, 3.05) is 0 Å². The van der Waals surface area contributed by atoms with Crippen LogP contribution in [0, 0.1) is 13.8 Å². The summed E-state index contributed by atoms with van der Waals surface area (Å²) in [5.41, 5.74) is 4.25. The average molecular weight is 513 g/mol. The van der Waals surface area contributed by atoms with Gasteiger partial charge in [0.25, 0.3) is 0 Å². The molecule has 4 rings (SSSR count). The molecule has 4 aromatic carbocycles. The molecule has 33 heavy (non-hydrogen) atoms. The minimum absolute atomic E-state index is 0.219. The summed E-state index contributed by atoms with van der Waals surface area (Å²) in [4.78, 5) is 9.24. The molecule has 7 heteroatoms. The van der Waals surface area contributed by atoms with Crippen LogP contribution in [-0.4, -0.2) is 22.6 Å². The molecule has 0 radical (unpaired) electrons. The van der Waals surface area contributed by atoms with E-state index in [0.29, 0.717) is 22.5 Å². The third-order valence-corrected chi connectivity index (χ3v) is 5.07. The predicted octanol–water partition coefficient (Wildman–Crippen LogP) is 7.75. The second-order valence-corrected chi connectivity index (χ2v) is 9.88. The Morgan fingerprint density at radius 3 is 1.45 bits per heavy atom. The van der Waals surface area contributed by atoms with E-state index < -0.39 is 17.0 Å². The third kappa shape index (κ3) is 6.46. The van der Waals surface area contributed by atoms with Crippen LogP contribution in [-0.2, 0) is 17.0 Å². The van der Waals surface area contributed by atoms with Crippen LogP contribution in [0.15, 0.2) is 82.8 Å². The quantitative estimate of drug-likeness (QED) is 0.217. The molecule has 4 aromatic rings. The van der Waals surface area contributed by atoms with Gasteiger partial charge in [-0.1, -0.05) is 48.5 Å². The van der Waals surface area contributed by atoms with Gasteiger partial charge < -0.3 is 10.2 Å². The number of para-hydroxylation sites is 2. The molecule has 0 aliphatic carbocycles. The van der Waals surface area contributed by atoms with Crippen molar-refractivity contribution in [2.24, 2.45) is 9.98 Å². The first kappa shape index (κ1) is 25.0. The Balaban J connectivity index is 0.000000968. The van der Waals surface area contributed by atoms with E-state index in [-0.39, 0.29) is 11.5 Å². The second-order valence-electron chi connectivity index (χ2n) is 7.30. The maximum absolute atomic E-state index is 10.3. The molecule has 0 spiro atoms. The number of aromatic hydroxyl groups is 2. The van der Waals surface area contributed by atoms with Crippen molar-refractivity contribution in [3.05, 3.63) is 95.1 Å². The molecule has 0 fully saturated rings. The van der Waals surface area contributed by atoms with E-state index in [0.717, 1.165) is 21.9 Å². The predicted molar refractivity (Wildman–Crippen MR) is 136 cm³/mol. The van der Waals surface area contributed by atoms with Gasteiger partial charge in [0.2, 0.25) is 0 Å². The van der Waals surface area contributed by atoms with Crippen molar-refractivity contribution in [1.82, 2.24) is 0 Å². The van der Waals surface area contributed by atoms with Crippen molar-refractivity contribution in [1.29, 1.82) is 0 Å². The number of halogens is 2. The Labute approximate surface area is 209 Å². The fourth-order valence-corrected chi connectivity index (χ4v) is 3.27. The van der Waals surface area contributed by atoms with Crippen LogP contribution in [0.5, 0.6) is 11.5 Å². The Morgan fingerprint density at radius 2 is 1.06 bits per heavy atom. The second kappa shape index (κ2) is 12.0. The number of hydrogen-bond donors (Lipinski definition) is 2. The number of fused-ring (bicyclic) bond motifs is 1. The van der Waals surface area contributed by atoms with Crippen molar-refractivity contribution < 1.29 is 27.2 Å². The molecule has 4 nitrogen and oxygen atoms in total. The van der Waals surface area contributed by atoms with Gasteiger partial charge >= 0.3 is 35.6 Å². The van der Waals surface area contributed by atoms with Crippen LogP contribution in [0.2, 0.25) is 0 Å². The van der Waals surface area contributed by atoms with Gasteiger partial charge in [-0.15, -0.1) is 0 Å². The number of phenols is 2. The van der Waals surface area contributed by atoms with Crippen LogP contribution < -0.4 is 0 Å². The molecule has 0 saturated carbocycles. The molecular formula is C26H22Cl2N2O2Ti. The number of aryl methyl sites for hydroxylation is 2. The van der Waals surface area contributed by atoms with E-state index in [1.165, 1.54) is 0 Å². The van der Waals surface area contributed by atoms with Gasteiger partial charge in [0.05, 0.1) is 11.4 Å².